The van der Waals surface area contributed by atoms with E-state index in [-0.39, 0.29) is 5.75 Å². The number of halogens is 1. The van der Waals surface area contributed by atoms with E-state index in [4.69, 9.17) is 5.11 Å². The minimum atomic E-state index is -4.24. The van der Waals surface area contributed by atoms with Crippen molar-refractivity contribution in [2.75, 3.05) is 10.5 Å². The Balaban J connectivity index is 3.10. The van der Waals surface area contributed by atoms with Gasteiger partial charge in [0.05, 0.1) is 16.3 Å². The van der Waals surface area contributed by atoms with Crippen LogP contribution in [0.25, 0.3) is 0 Å². The largest absolute Gasteiger partial charge is 0.480 e. The zero-order valence-electron chi connectivity index (χ0n) is 11.7. The molecule has 0 aliphatic heterocycles. The molecule has 8 nitrogen and oxygen atoms in total. The third-order valence-electron chi connectivity index (χ3n) is 2.60. The smallest absolute Gasteiger partial charge is 0.321 e. The summed E-state index contributed by atoms with van der Waals surface area (Å²) in [4.78, 5) is 10.1. The van der Waals surface area contributed by atoms with Crippen LogP contribution in [0, 0.1) is 5.82 Å². The van der Waals surface area contributed by atoms with Crippen LogP contribution < -0.4 is 9.44 Å². The second-order valence-electron chi connectivity index (χ2n) is 4.33. The van der Waals surface area contributed by atoms with Gasteiger partial charge < -0.3 is 5.11 Å². The lowest BCUT2D eigenvalue weighted by molar-refractivity contribution is -0.138. The zero-order valence-corrected chi connectivity index (χ0v) is 13.3. The summed E-state index contributed by atoms with van der Waals surface area (Å²) in [6, 6.07) is 1.12. The van der Waals surface area contributed by atoms with Gasteiger partial charge in [-0.2, -0.15) is 4.72 Å². The molecule has 0 spiro atoms. The second-order valence-corrected chi connectivity index (χ2v) is 8.05. The molecular formula is C11H15FN2O6S2. The highest BCUT2D eigenvalue weighted by molar-refractivity contribution is 7.92. The van der Waals surface area contributed by atoms with Gasteiger partial charge in [-0.05, 0) is 32.0 Å². The average Bonchev–Trinajstić information content (AvgIpc) is 2.40. The van der Waals surface area contributed by atoms with Crippen molar-refractivity contribution in [2.24, 2.45) is 0 Å². The maximum atomic E-state index is 13.8. The number of carbonyl (C=O) groups is 1. The molecule has 0 aliphatic carbocycles. The lowest BCUT2D eigenvalue weighted by atomic mass is 10.3. The fourth-order valence-electron chi connectivity index (χ4n) is 1.34. The molecule has 0 saturated heterocycles. The highest BCUT2D eigenvalue weighted by Gasteiger charge is 2.23. The lowest BCUT2D eigenvalue weighted by Crippen LogP contribution is -2.38. The third kappa shape index (κ3) is 4.64. The van der Waals surface area contributed by atoms with Crippen molar-refractivity contribution < 1.29 is 31.1 Å². The van der Waals surface area contributed by atoms with Crippen molar-refractivity contribution in [1.29, 1.82) is 0 Å². The molecule has 0 fully saturated rings. The summed E-state index contributed by atoms with van der Waals surface area (Å²) < 4.78 is 64.1. The van der Waals surface area contributed by atoms with Gasteiger partial charge in [0.2, 0.25) is 20.0 Å². The summed E-state index contributed by atoms with van der Waals surface area (Å²) in [5, 5.41) is 8.67. The van der Waals surface area contributed by atoms with Crippen molar-refractivity contribution in [3.63, 3.8) is 0 Å². The number of anilines is 1. The number of sulfonamides is 2. The minimum Gasteiger partial charge on any atom is -0.480 e. The summed E-state index contributed by atoms with van der Waals surface area (Å²) >= 11 is 0. The third-order valence-corrected chi connectivity index (χ3v) is 5.43. The van der Waals surface area contributed by atoms with Crippen molar-refractivity contribution in [2.45, 2.75) is 24.8 Å². The Morgan fingerprint density at radius 2 is 1.91 bits per heavy atom. The number of nitrogens with one attached hydrogen (secondary N) is 2. The Bertz CT molecular complexity index is 776. The topological polar surface area (TPSA) is 130 Å². The number of hydrogen-bond donors (Lipinski definition) is 3. The summed E-state index contributed by atoms with van der Waals surface area (Å²) in [6.45, 7) is 2.47. The Hall–Kier alpha value is -1.72. The van der Waals surface area contributed by atoms with Crippen LogP contribution in [0.4, 0.5) is 10.1 Å². The van der Waals surface area contributed by atoms with Crippen LogP contribution in [0.2, 0.25) is 0 Å². The molecule has 0 heterocycles. The van der Waals surface area contributed by atoms with Gasteiger partial charge in [-0.25, -0.2) is 21.2 Å². The standard InChI is InChI=1S/C11H15FN2O6S2/c1-3-21(17,18)14-10-5-4-8(6-9(10)12)22(19,20)13-7(2)11(15)16/h4-7,13-14H,3H2,1-2H3,(H,15,16)/t7-/m1/s1. The van der Waals surface area contributed by atoms with Gasteiger partial charge in [-0.3, -0.25) is 9.52 Å². The Morgan fingerprint density at radius 3 is 2.36 bits per heavy atom. The summed E-state index contributed by atoms with van der Waals surface area (Å²) in [5.41, 5.74) is -0.396. The number of hydrogen-bond acceptors (Lipinski definition) is 5. The quantitative estimate of drug-likeness (QED) is 0.647. The maximum Gasteiger partial charge on any atom is 0.321 e. The van der Waals surface area contributed by atoms with E-state index >= 15 is 0 Å². The molecule has 0 bridgehead atoms. The first kappa shape index (κ1) is 18.3. The molecule has 11 heteroatoms. The van der Waals surface area contributed by atoms with Crippen LogP contribution >= 0.6 is 0 Å². The van der Waals surface area contributed by atoms with Crippen LogP contribution in [-0.2, 0) is 24.8 Å². The van der Waals surface area contributed by atoms with Crippen LogP contribution in [0.15, 0.2) is 23.1 Å². The van der Waals surface area contributed by atoms with Crippen molar-refractivity contribution in [3.8, 4) is 0 Å². The fraction of sp³-hybridized carbons (Fsp3) is 0.364. The highest BCUT2D eigenvalue weighted by Crippen LogP contribution is 2.20. The second kappa shape index (κ2) is 6.58. The van der Waals surface area contributed by atoms with E-state index < -0.39 is 48.5 Å². The van der Waals surface area contributed by atoms with Crippen molar-refractivity contribution in [3.05, 3.63) is 24.0 Å². The number of carboxylic acids is 1. The minimum absolute atomic E-state index is 0.274. The van der Waals surface area contributed by atoms with Crippen molar-refractivity contribution in [1.82, 2.24) is 4.72 Å². The molecule has 0 aliphatic rings. The van der Waals surface area contributed by atoms with Gasteiger partial charge in [0.25, 0.3) is 0 Å². The first-order chi connectivity index (χ1) is 9.98. The molecule has 0 amide bonds. The molecular weight excluding hydrogens is 339 g/mol. The molecule has 124 valence electrons. The van der Waals surface area contributed by atoms with E-state index in [1.807, 2.05) is 9.44 Å². The van der Waals surface area contributed by atoms with E-state index in [2.05, 4.69) is 0 Å². The predicted molar refractivity (Wildman–Crippen MR) is 76.9 cm³/mol. The first-order valence-corrected chi connectivity index (χ1v) is 9.17. The molecule has 3 N–H and O–H groups in total. The number of benzene rings is 1. The van der Waals surface area contributed by atoms with E-state index in [1.165, 1.54) is 6.92 Å². The van der Waals surface area contributed by atoms with E-state index in [0.717, 1.165) is 19.1 Å². The monoisotopic (exact) mass is 354 g/mol. The number of aliphatic carboxylic acids is 1. The maximum absolute atomic E-state index is 13.8. The van der Waals surface area contributed by atoms with Crippen LogP contribution in [0.1, 0.15) is 13.8 Å². The van der Waals surface area contributed by atoms with Crippen molar-refractivity contribution >= 4 is 31.7 Å². The molecule has 1 aromatic rings. The molecule has 1 aromatic carbocycles. The van der Waals surface area contributed by atoms with Gasteiger partial charge in [0.15, 0.2) is 0 Å². The molecule has 22 heavy (non-hydrogen) atoms. The fourth-order valence-corrected chi connectivity index (χ4v) is 3.19. The Labute approximate surface area is 127 Å². The predicted octanol–water partition coefficient (Wildman–Crippen LogP) is 0.339. The number of carboxylic acid groups (broad SMARTS) is 1. The summed E-state index contributed by atoms with van der Waals surface area (Å²) in [6.07, 6.45) is 0. The van der Waals surface area contributed by atoms with Gasteiger partial charge in [-0.15, -0.1) is 0 Å². The highest BCUT2D eigenvalue weighted by atomic mass is 32.2. The van der Waals surface area contributed by atoms with E-state index in [9.17, 15) is 26.0 Å². The van der Waals surface area contributed by atoms with Crippen LogP contribution in [0.3, 0.4) is 0 Å². The van der Waals surface area contributed by atoms with Gasteiger partial charge in [-0.1, -0.05) is 0 Å². The Morgan fingerprint density at radius 1 is 1.32 bits per heavy atom. The first-order valence-electron chi connectivity index (χ1n) is 6.03. The average molecular weight is 354 g/mol. The summed E-state index contributed by atoms with van der Waals surface area (Å²) in [7, 11) is -7.95. The van der Waals surface area contributed by atoms with E-state index in [1.54, 1.807) is 0 Å². The molecule has 1 atom stereocenters. The SMILES string of the molecule is CCS(=O)(=O)Nc1ccc(S(=O)(=O)N[C@H](C)C(=O)O)cc1F. The molecule has 0 aromatic heterocycles. The molecule has 0 unspecified atom stereocenters. The van der Waals surface area contributed by atoms with Gasteiger partial charge in [0, 0.05) is 0 Å². The molecule has 0 radical (unpaired) electrons. The van der Waals surface area contributed by atoms with Crippen LogP contribution in [0.5, 0.6) is 0 Å². The number of rotatable bonds is 7. The summed E-state index contributed by atoms with van der Waals surface area (Å²) in [5.74, 6) is -2.76. The lowest BCUT2D eigenvalue weighted by Gasteiger charge is -2.12. The normalized spacial score (nSPS) is 13.6. The van der Waals surface area contributed by atoms with Crippen LogP contribution in [-0.4, -0.2) is 39.7 Å². The van der Waals surface area contributed by atoms with Gasteiger partial charge >= 0.3 is 5.97 Å². The Kier molecular flexibility index (Phi) is 5.49. The molecule has 1 rings (SSSR count). The van der Waals surface area contributed by atoms with E-state index in [0.29, 0.717) is 6.07 Å². The molecule has 0 saturated carbocycles. The zero-order chi connectivity index (χ0) is 17.1. The van der Waals surface area contributed by atoms with Gasteiger partial charge in [0.1, 0.15) is 11.9 Å².